The Hall–Kier alpha value is -4.07. The zero-order chi connectivity index (χ0) is 22.5. The van der Waals surface area contributed by atoms with E-state index in [9.17, 15) is 13.6 Å². The molecule has 0 aliphatic heterocycles. The van der Waals surface area contributed by atoms with Crippen molar-refractivity contribution in [3.63, 3.8) is 0 Å². The lowest BCUT2D eigenvalue weighted by molar-refractivity contribution is 0.0950. The van der Waals surface area contributed by atoms with Crippen molar-refractivity contribution in [1.29, 1.82) is 0 Å². The topological polar surface area (TPSA) is 69.0 Å². The number of benzene rings is 2. The molecule has 0 fully saturated rings. The van der Waals surface area contributed by atoms with Crippen molar-refractivity contribution in [2.24, 2.45) is 0 Å². The normalized spacial score (nSPS) is 10.7. The first-order valence-electron chi connectivity index (χ1n) is 10.0. The van der Waals surface area contributed by atoms with E-state index in [1.54, 1.807) is 35.1 Å². The van der Waals surface area contributed by atoms with Gasteiger partial charge in [0.2, 0.25) is 5.88 Å². The molecule has 1 N–H and O–H groups in total. The lowest BCUT2D eigenvalue weighted by Crippen LogP contribution is -2.23. The van der Waals surface area contributed by atoms with Crippen molar-refractivity contribution in [1.82, 2.24) is 20.1 Å². The summed E-state index contributed by atoms with van der Waals surface area (Å²) in [5.41, 5.74) is 2.64. The van der Waals surface area contributed by atoms with E-state index in [2.05, 4.69) is 15.4 Å². The maximum absolute atomic E-state index is 13.2. The number of pyridine rings is 1. The van der Waals surface area contributed by atoms with Crippen molar-refractivity contribution in [3.8, 4) is 17.3 Å². The van der Waals surface area contributed by atoms with Gasteiger partial charge >= 0.3 is 0 Å². The van der Waals surface area contributed by atoms with E-state index in [-0.39, 0.29) is 24.1 Å². The van der Waals surface area contributed by atoms with E-state index in [1.807, 2.05) is 6.92 Å². The van der Waals surface area contributed by atoms with Gasteiger partial charge < -0.3 is 10.1 Å². The minimum Gasteiger partial charge on any atom is -0.439 e. The predicted molar refractivity (Wildman–Crippen MR) is 115 cm³/mol. The molecule has 32 heavy (non-hydrogen) atoms. The van der Waals surface area contributed by atoms with E-state index in [1.165, 1.54) is 42.6 Å². The second kappa shape index (κ2) is 9.38. The van der Waals surface area contributed by atoms with Crippen LogP contribution >= 0.6 is 0 Å². The van der Waals surface area contributed by atoms with Crippen LogP contribution in [0.2, 0.25) is 0 Å². The first-order chi connectivity index (χ1) is 15.5. The summed E-state index contributed by atoms with van der Waals surface area (Å²) >= 11 is 0. The number of halogens is 2. The molecule has 0 radical (unpaired) electrons. The van der Waals surface area contributed by atoms with Crippen LogP contribution in [0.25, 0.3) is 5.69 Å². The highest BCUT2D eigenvalue weighted by Crippen LogP contribution is 2.21. The zero-order valence-corrected chi connectivity index (χ0v) is 17.3. The van der Waals surface area contributed by atoms with Gasteiger partial charge in [-0.2, -0.15) is 5.10 Å². The van der Waals surface area contributed by atoms with Crippen molar-refractivity contribution in [2.45, 2.75) is 19.9 Å². The third-order valence-electron chi connectivity index (χ3n) is 4.81. The van der Waals surface area contributed by atoms with Gasteiger partial charge in [-0.1, -0.05) is 6.92 Å². The van der Waals surface area contributed by atoms with Crippen molar-refractivity contribution >= 4 is 5.91 Å². The molecule has 0 spiro atoms. The van der Waals surface area contributed by atoms with Crippen LogP contribution in [-0.2, 0) is 13.0 Å². The Bertz CT molecular complexity index is 1220. The number of carbonyl (C=O) groups is 1. The Labute approximate surface area is 183 Å². The summed E-state index contributed by atoms with van der Waals surface area (Å²) in [6, 6.07) is 15.0. The molecule has 0 aliphatic rings. The van der Waals surface area contributed by atoms with Crippen LogP contribution in [0, 0.1) is 11.6 Å². The molecular formula is C24H20F2N4O2. The third kappa shape index (κ3) is 4.80. The summed E-state index contributed by atoms with van der Waals surface area (Å²) in [6.07, 6.45) is 3.66. The maximum Gasteiger partial charge on any atom is 0.255 e. The minimum atomic E-state index is -0.351. The summed E-state index contributed by atoms with van der Waals surface area (Å²) in [4.78, 5) is 16.9. The second-order valence-corrected chi connectivity index (χ2v) is 6.99. The number of hydrogen-bond donors (Lipinski definition) is 1. The molecule has 2 aromatic carbocycles. The molecule has 0 saturated carbocycles. The maximum atomic E-state index is 13.2. The van der Waals surface area contributed by atoms with Gasteiger partial charge in [-0.25, -0.2) is 18.4 Å². The Morgan fingerprint density at radius 3 is 2.41 bits per heavy atom. The highest BCUT2D eigenvalue weighted by molar-refractivity contribution is 5.95. The molecule has 4 rings (SSSR count). The molecule has 162 valence electrons. The molecule has 0 saturated heterocycles. The predicted octanol–water partition coefficient (Wildman–Crippen LogP) is 4.83. The molecule has 2 aromatic heterocycles. The van der Waals surface area contributed by atoms with E-state index in [4.69, 9.17) is 4.74 Å². The van der Waals surface area contributed by atoms with E-state index < -0.39 is 0 Å². The third-order valence-corrected chi connectivity index (χ3v) is 4.81. The van der Waals surface area contributed by atoms with Crippen molar-refractivity contribution < 1.29 is 18.3 Å². The molecule has 8 heteroatoms. The number of rotatable bonds is 7. The average Bonchev–Trinajstić information content (AvgIpc) is 3.24. The van der Waals surface area contributed by atoms with Crippen LogP contribution in [0.3, 0.4) is 0 Å². The standard InChI is InChI=1S/C24H20F2N4O2/c1-2-22-21(15-29-30(22)19-7-3-17(25)4-8-19)24(31)28-14-16-11-12-27-23(13-16)32-20-9-5-18(26)6-10-20/h3-13,15H,2,14H2,1H3,(H,28,31). The summed E-state index contributed by atoms with van der Waals surface area (Å²) in [6.45, 7) is 2.18. The number of nitrogens with zero attached hydrogens (tertiary/aromatic N) is 3. The fourth-order valence-corrected chi connectivity index (χ4v) is 3.23. The van der Waals surface area contributed by atoms with Crippen LogP contribution < -0.4 is 10.1 Å². The van der Waals surface area contributed by atoms with Crippen molar-refractivity contribution in [3.05, 3.63) is 102 Å². The van der Waals surface area contributed by atoms with Gasteiger partial charge in [0.05, 0.1) is 23.1 Å². The van der Waals surface area contributed by atoms with E-state index in [0.29, 0.717) is 29.3 Å². The van der Waals surface area contributed by atoms with Gasteiger partial charge in [0.15, 0.2) is 0 Å². The monoisotopic (exact) mass is 434 g/mol. The molecule has 6 nitrogen and oxygen atoms in total. The van der Waals surface area contributed by atoms with E-state index in [0.717, 1.165) is 11.3 Å². The lowest BCUT2D eigenvalue weighted by Gasteiger charge is -2.10. The quantitative estimate of drug-likeness (QED) is 0.452. The largest absolute Gasteiger partial charge is 0.439 e. The summed E-state index contributed by atoms with van der Waals surface area (Å²) in [5.74, 6) is -0.163. The summed E-state index contributed by atoms with van der Waals surface area (Å²) < 4.78 is 33.5. The van der Waals surface area contributed by atoms with Crippen molar-refractivity contribution in [2.75, 3.05) is 0 Å². The number of amides is 1. The number of ether oxygens (including phenoxy) is 1. The van der Waals surface area contributed by atoms with Gasteiger partial charge in [0.1, 0.15) is 17.4 Å². The van der Waals surface area contributed by atoms with Gasteiger partial charge in [-0.15, -0.1) is 0 Å². The molecule has 0 bridgehead atoms. The summed E-state index contributed by atoms with van der Waals surface area (Å²) in [7, 11) is 0. The van der Waals surface area contributed by atoms with E-state index >= 15 is 0 Å². The van der Waals surface area contributed by atoms with Crippen LogP contribution in [0.1, 0.15) is 28.5 Å². The Balaban J connectivity index is 1.45. The minimum absolute atomic E-state index is 0.256. The van der Waals surface area contributed by atoms with Gasteiger partial charge in [-0.3, -0.25) is 4.79 Å². The molecular weight excluding hydrogens is 414 g/mol. The van der Waals surface area contributed by atoms with Crippen LogP contribution in [-0.4, -0.2) is 20.7 Å². The first-order valence-corrected chi connectivity index (χ1v) is 10.0. The highest BCUT2D eigenvalue weighted by Gasteiger charge is 2.17. The lowest BCUT2D eigenvalue weighted by atomic mass is 10.1. The first kappa shape index (κ1) is 21.2. The fourth-order valence-electron chi connectivity index (χ4n) is 3.23. The Morgan fingerprint density at radius 2 is 1.72 bits per heavy atom. The molecule has 0 atom stereocenters. The van der Waals surface area contributed by atoms with Gasteiger partial charge in [0, 0.05) is 18.8 Å². The number of aromatic nitrogens is 3. The number of carbonyl (C=O) groups excluding carboxylic acids is 1. The SMILES string of the molecule is CCc1c(C(=O)NCc2ccnc(Oc3ccc(F)cc3)c2)cnn1-c1ccc(F)cc1. The zero-order valence-electron chi connectivity index (χ0n) is 17.3. The molecule has 0 aliphatic carbocycles. The molecule has 4 aromatic rings. The van der Waals surface area contributed by atoms with Crippen LogP contribution in [0.5, 0.6) is 11.6 Å². The molecule has 2 heterocycles. The molecule has 1 amide bonds. The molecule has 0 unspecified atom stereocenters. The highest BCUT2D eigenvalue weighted by atomic mass is 19.1. The smallest absolute Gasteiger partial charge is 0.255 e. The number of nitrogens with one attached hydrogen (secondary N) is 1. The van der Waals surface area contributed by atoms with Gasteiger partial charge in [0.25, 0.3) is 5.91 Å². The number of hydrogen-bond acceptors (Lipinski definition) is 4. The second-order valence-electron chi connectivity index (χ2n) is 6.99. The Morgan fingerprint density at radius 1 is 1.03 bits per heavy atom. The van der Waals surface area contributed by atoms with Crippen LogP contribution in [0.15, 0.2) is 73.1 Å². The van der Waals surface area contributed by atoms with Crippen LogP contribution in [0.4, 0.5) is 8.78 Å². The summed E-state index contributed by atoms with van der Waals surface area (Å²) in [5, 5.41) is 7.18. The van der Waals surface area contributed by atoms with Gasteiger partial charge in [-0.05, 0) is 66.6 Å². The average molecular weight is 434 g/mol. The Kier molecular flexibility index (Phi) is 6.21. The fraction of sp³-hybridized carbons (Fsp3) is 0.125.